The van der Waals surface area contributed by atoms with Gasteiger partial charge in [0.1, 0.15) is 0 Å². The quantitative estimate of drug-likeness (QED) is 0.550. The van der Waals surface area contributed by atoms with Gasteiger partial charge >= 0.3 is 7.48 Å². The molecule has 0 saturated heterocycles. The van der Waals surface area contributed by atoms with Crippen molar-refractivity contribution in [3.8, 4) is 5.69 Å². The molecule has 0 spiro atoms. The second kappa shape index (κ2) is 5.31. The van der Waals surface area contributed by atoms with Gasteiger partial charge in [0.05, 0.1) is 11.0 Å². The second-order valence-corrected chi connectivity index (χ2v) is 6.26. The number of benzene rings is 3. The Bertz CT molecular complexity index is 940. The van der Waals surface area contributed by atoms with E-state index in [0.29, 0.717) is 0 Å². The maximum atomic E-state index is 9.48. The van der Waals surface area contributed by atoms with E-state index in [0.717, 1.165) is 15.6 Å². The Morgan fingerprint density at radius 3 is 2.00 bits per heavy atom. The number of aromatic nitrogens is 1. The molecule has 0 aliphatic heterocycles. The molecule has 0 aliphatic rings. The normalized spacial score (nSPS) is 11.2. The van der Waals surface area contributed by atoms with Crippen molar-refractivity contribution in [2.45, 2.75) is 0 Å². The zero-order valence-corrected chi connectivity index (χ0v) is 13.4. The summed E-state index contributed by atoms with van der Waals surface area (Å²) in [5.41, 5.74) is 4.29. The Morgan fingerprint density at radius 2 is 1.41 bits per heavy atom. The number of halogens is 1. The minimum absolute atomic E-state index is 0.0313. The summed E-state index contributed by atoms with van der Waals surface area (Å²) in [4.78, 5) is 0. The van der Waals surface area contributed by atoms with Gasteiger partial charge in [-0.3, -0.25) is 0 Å². The molecule has 0 bridgehead atoms. The van der Waals surface area contributed by atoms with E-state index in [-0.39, 0.29) is 7.48 Å². The molecule has 0 radical (unpaired) electrons. The maximum Gasteiger partial charge on any atom is 0.304 e. The summed E-state index contributed by atoms with van der Waals surface area (Å²) in [6.07, 6.45) is 0. The third-order valence-electron chi connectivity index (χ3n) is 3.96. The van der Waals surface area contributed by atoms with Crippen LogP contribution < -0.4 is 5.46 Å². The van der Waals surface area contributed by atoms with Crippen molar-refractivity contribution in [1.29, 1.82) is 0 Å². The Balaban J connectivity index is 2.15. The van der Waals surface area contributed by atoms with E-state index in [1.165, 1.54) is 21.8 Å². The van der Waals surface area contributed by atoms with Crippen molar-refractivity contribution in [2.24, 2.45) is 0 Å². The van der Waals surface area contributed by atoms with Crippen molar-refractivity contribution in [3.63, 3.8) is 0 Å². The van der Waals surface area contributed by atoms with Gasteiger partial charge in [-0.1, -0.05) is 58.4 Å². The first-order valence-electron chi connectivity index (χ1n) is 7.17. The van der Waals surface area contributed by atoms with Crippen LogP contribution in [0.5, 0.6) is 0 Å². The first-order chi connectivity index (χ1) is 10.8. The third-order valence-corrected chi connectivity index (χ3v) is 4.42. The molecule has 106 valence electrons. The van der Waals surface area contributed by atoms with E-state index in [1.54, 1.807) is 0 Å². The van der Waals surface area contributed by atoms with Crippen LogP contribution in [0.15, 0.2) is 71.2 Å². The van der Waals surface area contributed by atoms with Crippen LogP contribution in [-0.2, 0) is 0 Å². The molecule has 1 aromatic heterocycles. The van der Waals surface area contributed by atoms with Crippen LogP contribution in [-0.4, -0.2) is 17.1 Å². The Hall–Kier alpha value is -2.04. The topological polar surface area (TPSA) is 25.2 Å². The zero-order chi connectivity index (χ0) is 15.1. The van der Waals surface area contributed by atoms with E-state index in [2.05, 4.69) is 75.1 Å². The van der Waals surface area contributed by atoms with Crippen LogP contribution in [0.2, 0.25) is 0 Å². The van der Waals surface area contributed by atoms with Gasteiger partial charge in [0, 0.05) is 20.9 Å². The SMILES string of the molecule is OBc1cc(Br)cc(-n2c3ccccc3c3ccccc32)c1. The summed E-state index contributed by atoms with van der Waals surface area (Å²) >= 11 is 3.54. The van der Waals surface area contributed by atoms with Crippen molar-refractivity contribution in [3.05, 3.63) is 71.2 Å². The zero-order valence-electron chi connectivity index (χ0n) is 11.8. The Kier molecular flexibility index (Phi) is 3.28. The van der Waals surface area contributed by atoms with E-state index in [9.17, 15) is 5.02 Å². The average Bonchev–Trinajstić information content (AvgIpc) is 2.89. The molecule has 0 aliphatic carbocycles. The minimum Gasteiger partial charge on any atom is -0.449 e. The predicted molar refractivity (Wildman–Crippen MR) is 97.5 cm³/mol. The molecule has 4 rings (SSSR count). The van der Waals surface area contributed by atoms with Crippen molar-refractivity contribution >= 4 is 50.7 Å². The summed E-state index contributed by atoms with van der Waals surface area (Å²) in [6.45, 7) is 0. The van der Waals surface area contributed by atoms with Crippen molar-refractivity contribution in [1.82, 2.24) is 4.57 Å². The molecule has 1 heterocycles. The standard InChI is InChI=1S/C18H13BBrNO/c20-13-9-12(19-22)10-14(11-13)21-17-7-3-1-5-15(17)16-6-2-4-8-18(16)21/h1-11,19,22H. The van der Waals surface area contributed by atoms with Gasteiger partial charge in [0.2, 0.25) is 0 Å². The van der Waals surface area contributed by atoms with Crippen molar-refractivity contribution in [2.75, 3.05) is 0 Å². The summed E-state index contributed by atoms with van der Waals surface area (Å²) in [6, 6.07) is 22.9. The summed E-state index contributed by atoms with van der Waals surface area (Å²) in [5, 5.41) is 12.0. The maximum absolute atomic E-state index is 9.48. The van der Waals surface area contributed by atoms with Gasteiger partial charge in [0.25, 0.3) is 0 Å². The number of hydrogen-bond acceptors (Lipinski definition) is 1. The highest BCUT2D eigenvalue weighted by molar-refractivity contribution is 9.10. The molecule has 0 saturated carbocycles. The van der Waals surface area contributed by atoms with Gasteiger partial charge < -0.3 is 9.59 Å². The Morgan fingerprint density at radius 1 is 0.818 bits per heavy atom. The van der Waals surface area contributed by atoms with Gasteiger partial charge in [-0.25, -0.2) is 0 Å². The summed E-state index contributed by atoms with van der Waals surface area (Å²) in [5.74, 6) is 0. The van der Waals surface area contributed by atoms with Crippen LogP contribution in [0.4, 0.5) is 0 Å². The monoisotopic (exact) mass is 349 g/mol. The number of nitrogens with zero attached hydrogens (tertiary/aromatic N) is 1. The number of fused-ring (bicyclic) bond motifs is 3. The third kappa shape index (κ3) is 2.07. The molecular weight excluding hydrogens is 337 g/mol. The van der Waals surface area contributed by atoms with E-state index in [1.807, 2.05) is 12.1 Å². The second-order valence-electron chi connectivity index (χ2n) is 5.35. The first-order valence-corrected chi connectivity index (χ1v) is 7.96. The van der Waals surface area contributed by atoms with Crippen molar-refractivity contribution < 1.29 is 5.02 Å². The van der Waals surface area contributed by atoms with Crippen LogP contribution in [0.1, 0.15) is 0 Å². The molecule has 0 fully saturated rings. The van der Waals surface area contributed by atoms with Gasteiger partial charge in [-0.05, 0) is 29.7 Å². The summed E-state index contributed by atoms with van der Waals surface area (Å²) in [7, 11) is 0.0313. The van der Waals surface area contributed by atoms with Gasteiger partial charge in [0.15, 0.2) is 0 Å². The van der Waals surface area contributed by atoms with Gasteiger partial charge in [-0.2, -0.15) is 0 Å². The average molecular weight is 350 g/mol. The molecule has 1 N–H and O–H groups in total. The minimum atomic E-state index is 0.0313. The van der Waals surface area contributed by atoms with E-state index >= 15 is 0 Å². The van der Waals surface area contributed by atoms with Gasteiger partial charge in [-0.15, -0.1) is 0 Å². The molecule has 2 nitrogen and oxygen atoms in total. The largest absolute Gasteiger partial charge is 0.449 e. The number of hydrogen-bond donors (Lipinski definition) is 1. The molecule has 0 amide bonds. The summed E-state index contributed by atoms with van der Waals surface area (Å²) < 4.78 is 3.21. The lowest BCUT2D eigenvalue weighted by Gasteiger charge is -2.10. The molecule has 4 aromatic rings. The fraction of sp³-hybridized carbons (Fsp3) is 0. The van der Waals surface area contributed by atoms with Crippen LogP contribution >= 0.6 is 15.9 Å². The highest BCUT2D eigenvalue weighted by Crippen LogP contribution is 2.31. The molecule has 0 unspecified atom stereocenters. The molecule has 22 heavy (non-hydrogen) atoms. The molecule has 4 heteroatoms. The fourth-order valence-corrected chi connectivity index (χ4v) is 3.58. The first kappa shape index (κ1) is 13.6. The lowest BCUT2D eigenvalue weighted by molar-refractivity contribution is 0.615. The van der Waals surface area contributed by atoms with Crippen LogP contribution in [0.3, 0.4) is 0 Å². The fourth-order valence-electron chi connectivity index (χ4n) is 3.05. The molecular formula is C18H13BBrNO. The predicted octanol–water partition coefficient (Wildman–Crippen LogP) is 3.52. The van der Waals surface area contributed by atoms with Crippen LogP contribution in [0, 0.1) is 0 Å². The number of para-hydroxylation sites is 2. The lowest BCUT2D eigenvalue weighted by atomic mass is 9.88. The molecule has 3 aromatic carbocycles. The highest BCUT2D eigenvalue weighted by Gasteiger charge is 2.12. The van der Waals surface area contributed by atoms with Crippen LogP contribution in [0.25, 0.3) is 27.5 Å². The molecule has 0 atom stereocenters. The highest BCUT2D eigenvalue weighted by atomic mass is 79.9. The smallest absolute Gasteiger partial charge is 0.304 e. The number of rotatable bonds is 2. The van der Waals surface area contributed by atoms with E-state index in [4.69, 9.17) is 0 Å². The van der Waals surface area contributed by atoms with E-state index < -0.39 is 0 Å². The Labute approximate surface area is 137 Å². The lowest BCUT2D eigenvalue weighted by Crippen LogP contribution is -2.14.